The Morgan fingerprint density at radius 1 is 1.47 bits per heavy atom. The van der Waals surface area contributed by atoms with Crippen molar-refractivity contribution < 1.29 is 4.79 Å². The first-order valence-corrected chi connectivity index (χ1v) is 6.15. The van der Waals surface area contributed by atoms with E-state index in [9.17, 15) is 4.79 Å². The van der Waals surface area contributed by atoms with Crippen LogP contribution in [0.4, 0.5) is 0 Å². The number of nitrogens with zero attached hydrogens (tertiary/aromatic N) is 3. The van der Waals surface area contributed by atoms with E-state index in [0.717, 1.165) is 19.3 Å². The molecular formula is C12H22IN5O. The van der Waals surface area contributed by atoms with Crippen LogP contribution in [0, 0.1) is 17.2 Å². The minimum absolute atomic E-state index is 0. The average molecular weight is 379 g/mol. The van der Waals surface area contributed by atoms with Gasteiger partial charge in [0.2, 0.25) is 5.91 Å². The van der Waals surface area contributed by atoms with Gasteiger partial charge in [-0.2, -0.15) is 5.26 Å². The van der Waals surface area contributed by atoms with Crippen molar-refractivity contribution in [3.05, 3.63) is 0 Å². The maximum absolute atomic E-state index is 11.4. The van der Waals surface area contributed by atoms with Crippen LogP contribution in [-0.2, 0) is 4.79 Å². The van der Waals surface area contributed by atoms with Crippen molar-refractivity contribution in [2.45, 2.75) is 25.3 Å². The van der Waals surface area contributed by atoms with Crippen LogP contribution in [0.25, 0.3) is 0 Å². The zero-order valence-corrected chi connectivity index (χ0v) is 14.0. The topological polar surface area (TPSA) is 80.5 Å². The van der Waals surface area contributed by atoms with Gasteiger partial charge in [0, 0.05) is 27.2 Å². The molecule has 1 aliphatic carbocycles. The van der Waals surface area contributed by atoms with Crippen molar-refractivity contribution in [3.8, 4) is 6.07 Å². The van der Waals surface area contributed by atoms with Crippen LogP contribution in [0.5, 0.6) is 0 Å². The first-order chi connectivity index (χ1) is 8.58. The molecule has 1 aliphatic rings. The van der Waals surface area contributed by atoms with Crippen molar-refractivity contribution in [1.29, 1.82) is 5.26 Å². The molecule has 0 aromatic rings. The lowest BCUT2D eigenvalue weighted by molar-refractivity contribution is -0.127. The Morgan fingerprint density at radius 3 is 2.68 bits per heavy atom. The summed E-state index contributed by atoms with van der Waals surface area (Å²) in [5.74, 6) is 0.603. The third kappa shape index (κ3) is 5.63. The van der Waals surface area contributed by atoms with Gasteiger partial charge in [-0.15, -0.1) is 24.0 Å². The minimum Gasteiger partial charge on any atom is -0.352 e. The highest BCUT2D eigenvalue weighted by Crippen LogP contribution is 2.24. The summed E-state index contributed by atoms with van der Waals surface area (Å²) in [6.07, 6.45) is 2.96. The van der Waals surface area contributed by atoms with Crippen LogP contribution < -0.4 is 10.6 Å². The smallest absolute Gasteiger partial charge is 0.241 e. The lowest BCUT2D eigenvalue weighted by Gasteiger charge is -2.20. The number of nitrogens with one attached hydrogen (secondary N) is 2. The normalized spacial score (nSPS) is 22.1. The lowest BCUT2D eigenvalue weighted by atomic mass is 10.1. The Morgan fingerprint density at radius 2 is 2.16 bits per heavy atom. The van der Waals surface area contributed by atoms with E-state index in [2.05, 4.69) is 21.7 Å². The summed E-state index contributed by atoms with van der Waals surface area (Å²) in [5.41, 5.74) is 0. The molecule has 1 fully saturated rings. The van der Waals surface area contributed by atoms with Gasteiger partial charge in [0.25, 0.3) is 0 Å². The van der Waals surface area contributed by atoms with E-state index in [0.29, 0.717) is 5.96 Å². The SMILES string of the molecule is CN=C(NCC(=O)N(C)C)NC1CCCC1C#N.I. The monoisotopic (exact) mass is 379 g/mol. The Kier molecular flexibility index (Phi) is 8.47. The molecule has 0 saturated heterocycles. The van der Waals surface area contributed by atoms with E-state index in [4.69, 9.17) is 5.26 Å². The summed E-state index contributed by atoms with van der Waals surface area (Å²) < 4.78 is 0. The number of rotatable bonds is 3. The maximum atomic E-state index is 11.4. The highest BCUT2D eigenvalue weighted by molar-refractivity contribution is 14.0. The molecule has 1 amide bonds. The van der Waals surface area contributed by atoms with Crippen LogP contribution >= 0.6 is 24.0 Å². The molecule has 0 aromatic carbocycles. The number of hydrogen-bond donors (Lipinski definition) is 2. The van der Waals surface area contributed by atoms with Gasteiger partial charge in [0.05, 0.1) is 18.5 Å². The molecule has 19 heavy (non-hydrogen) atoms. The second-order valence-electron chi connectivity index (χ2n) is 4.63. The van der Waals surface area contributed by atoms with Crippen LogP contribution in [0.15, 0.2) is 4.99 Å². The molecular weight excluding hydrogens is 357 g/mol. The predicted molar refractivity (Wildman–Crippen MR) is 85.3 cm³/mol. The third-order valence-corrected chi connectivity index (χ3v) is 3.13. The van der Waals surface area contributed by atoms with E-state index < -0.39 is 0 Å². The average Bonchev–Trinajstić information content (AvgIpc) is 2.80. The highest BCUT2D eigenvalue weighted by Gasteiger charge is 2.27. The van der Waals surface area contributed by atoms with Crippen LogP contribution in [0.1, 0.15) is 19.3 Å². The van der Waals surface area contributed by atoms with Crippen molar-refractivity contribution in [3.63, 3.8) is 0 Å². The molecule has 1 rings (SSSR count). The molecule has 0 spiro atoms. The number of hydrogen-bond acceptors (Lipinski definition) is 3. The summed E-state index contributed by atoms with van der Waals surface area (Å²) in [4.78, 5) is 17.0. The summed E-state index contributed by atoms with van der Waals surface area (Å²) in [6, 6.07) is 2.44. The summed E-state index contributed by atoms with van der Waals surface area (Å²) >= 11 is 0. The van der Waals surface area contributed by atoms with Crippen molar-refractivity contribution in [1.82, 2.24) is 15.5 Å². The van der Waals surface area contributed by atoms with Gasteiger partial charge in [-0.3, -0.25) is 9.79 Å². The fourth-order valence-corrected chi connectivity index (χ4v) is 1.98. The molecule has 1 saturated carbocycles. The summed E-state index contributed by atoms with van der Waals surface area (Å²) in [6.45, 7) is 0.205. The van der Waals surface area contributed by atoms with Gasteiger partial charge in [0.15, 0.2) is 5.96 Å². The highest BCUT2D eigenvalue weighted by atomic mass is 127. The molecule has 6 nitrogen and oxygen atoms in total. The molecule has 0 heterocycles. The fraction of sp³-hybridized carbons (Fsp3) is 0.750. The van der Waals surface area contributed by atoms with E-state index >= 15 is 0 Å². The standard InChI is InChI=1S/C12H21N5O.HI/c1-14-12(15-8-11(18)17(2)3)16-10-6-4-5-9(10)7-13;/h9-10H,4-6,8H2,1-3H3,(H2,14,15,16);1H. The second kappa shape index (κ2) is 8.96. The zero-order valence-electron chi connectivity index (χ0n) is 11.6. The molecule has 2 N–H and O–H groups in total. The molecule has 0 aromatic heterocycles. The number of amides is 1. The van der Waals surface area contributed by atoms with E-state index in [1.165, 1.54) is 4.90 Å². The van der Waals surface area contributed by atoms with Crippen molar-refractivity contribution in [2.24, 2.45) is 10.9 Å². The van der Waals surface area contributed by atoms with E-state index in [1.54, 1.807) is 21.1 Å². The minimum atomic E-state index is -0.0128. The Bertz CT molecular complexity index is 364. The molecule has 7 heteroatoms. The summed E-state index contributed by atoms with van der Waals surface area (Å²) in [5, 5.41) is 15.2. The molecule has 0 radical (unpaired) electrons. The third-order valence-electron chi connectivity index (χ3n) is 3.13. The van der Waals surface area contributed by atoms with Crippen LogP contribution in [0.3, 0.4) is 0 Å². The number of likely N-dealkylation sites (N-methyl/N-ethyl adjacent to an activating group) is 1. The quantitative estimate of drug-likeness (QED) is 0.427. The Hall–Kier alpha value is -1.04. The molecule has 108 valence electrons. The number of nitriles is 1. The van der Waals surface area contributed by atoms with Gasteiger partial charge in [-0.25, -0.2) is 0 Å². The zero-order chi connectivity index (χ0) is 13.5. The van der Waals surface area contributed by atoms with Crippen LogP contribution in [0.2, 0.25) is 0 Å². The maximum Gasteiger partial charge on any atom is 0.241 e. The van der Waals surface area contributed by atoms with E-state index in [1.807, 2.05) is 0 Å². The second-order valence-corrected chi connectivity index (χ2v) is 4.63. The first kappa shape index (κ1) is 18.0. The number of carbonyl (C=O) groups excluding carboxylic acids is 1. The van der Waals surface area contributed by atoms with Gasteiger partial charge in [-0.05, 0) is 19.3 Å². The van der Waals surface area contributed by atoms with E-state index in [-0.39, 0.29) is 48.4 Å². The largest absolute Gasteiger partial charge is 0.352 e. The van der Waals surface area contributed by atoms with Gasteiger partial charge < -0.3 is 15.5 Å². The molecule has 0 aliphatic heterocycles. The molecule has 2 atom stereocenters. The van der Waals surface area contributed by atoms with Crippen LogP contribution in [-0.4, -0.2) is 50.5 Å². The Balaban J connectivity index is 0.00000324. The predicted octanol–water partition coefficient (Wildman–Crippen LogP) is 0.550. The fourth-order valence-electron chi connectivity index (χ4n) is 1.98. The molecule has 0 bridgehead atoms. The Labute approximate surface area is 131 Å². The number of carbonyl (C=O) groups is 1. The van der Waals surface area contributed by atoms with Crippen molar-refractivity contribution in [2.75, 3.05) is 27.7 Å². The summed E-state index contributed by atoms with van der Waals surface area (Å²) in [7, 11) is 5.08. The first-order valence-electron chi connectivity index (χ1n) is 6.15. The van der Waals surface area contributed by atoms with Gasteiger partial charge in [0.1, 0.15) is 0 Å². The molecule has 2 unspecified atom stereocenters. The number of halogens is 1. The van der Waals surface area contributed by atoms with Gasteiger partial charge >= 0.3 is 0 Å². The van der Waals surface area contributed by atoms with Crippen molar-refractivity contribution >= 4 is 35.8 Å². The number of aliphatic imine (C=N–C) groups is 1. The van der Waals surface area contributed by atoms with Gasteiger partial charge in [-0.1, -0.05) is 0 Å². The number of guanidine groups is 1. The lowest BCUT2D eigenvalue weighted by Crippen LogP contribution is -2.47.